The quantitative estimate of drug-likeness (QED) is 0.670. The van der Waals surface area contributed by atoms with E-state index in [2.05, 4.69) is 15.9 Å². The molecule has 11 heavy (non-hydrogen) atoms. The Morgan fingerprint density at radius 2 is 2.09 bits per heavy atom. The van der Waals surface area contributed by atoms with E-state index >= 15 is 0 Å². The molecule has 0 aromatic rings. The summed E-state index contributed by atoms with van der Waals surface area (Å²) >= 11 is 3.53. The number of rotatable bonds is 1. The van der Waals surface area contributed by atoms with E-state index in [1.165, 1.54) is 19.3 Å². The average Bonchev–Trinajstić information content (AvgIpc) is 2.37. The molecule has 0 amide bonds. The number of aliphatic hydroxyl groups is 1. The molecule has 64 valence electrons. The van der Waals surface area contributed by atoms with Gasteiger partial charge in [-0.3, -0.25) is 0 Å². The van der Waals surface area contributed by atoms with Crippen molar-refractivity contribution in [3.05, 3.63) is 0 Å². The maximum atomic E-state index is 9.68. The van der Waals surface area contributed by atoms with Crippen LogP contribution in [0, 0.1) is 17.8 Å². The van der Waals surface area contributed by atoms with Crippen LogP contribution >= 0.6 is 15.9 Å². The van der Waals surface area contributed by atoms with Crippen LogP contribution < -0.4 is 0 Å². The molecule has 0 aliphatic heterocycles. The van der Waals surface area contributed by atoms with Crippen molar-refractivity contribution in [2.45, 2.75) is 31.8 Å². The highest BCUT2D eigenvalue weighted by Crippen LogP contribution is 2.46. The standard InChI is InChI=1S/C9H15BrO/c10-5-7-3-6-1-2-9(11)8(7)4-6/h6-9,11H,1-5H2. The topological polar surface area (TPSA) is 20.2 Å². The summed E-state index contributed by atoms with van der Waals surface area (Å²) < 4.78 is 0. The fourth-order valence-corrected chi connectivity index (χ4v) is 3.53. The number of hydrogen-bond acceptors (Lipinski definition) is 1. The molecule has 0 radical (unpaired) electrons. The lowest BCUT2D eigenvalue weighted by Crippen LogP contribution is -2.26. The minimum absolute atomic E-state index is 0.0105. The van der Waals surface area contributed by atoms with Gasteiger partial charge in [0, 0.05) is 5.33 Å². The Labute approximate surface area is 76.3 Å². The molecule has 4 unspecified atom stereocenters. The second-order valence-corrected chi connectivity index (χ2v) is 4.71. The van der Waals surface area contributed by atoms with Crippen molar-refractivity contribution in [1.82, 2.24) is 0 Å². The summed E-state index contributed by atoms with van der Waals surface area (Å²) in [5.41, 5.74) is 0. The highest BCUT2D eigenvalue weighted by atomic mass is 79.9. The molecular formula is C9H15BrO. The van der Waals surface area contributed by atoms with Gasteiger partial charge in [0.05, 0.1) is 6.10 Å². The zero-order valence-electron chi connectivity index (χ0n) is 6.67. The third-order valence-corrected chi connectivity index (χ3v) is 4.24. The Morgan fingerprint density at radius 3 is 2.82 bits per heavy atom. The summed E-state index contributed by atoms with van der Waals surface area (Å²) in [7, 11) is 0. The molecule has 2 fully saturated rings. The van der Waals surface area contributed by atoms with Crippen LogP contribution in [0.3, 0.4) is 0 Å². The third-order valence-electron chi connectivity index (χ3n) is 3.41. The van der Waals surface area contributed by atoms with Crippen LogP contribution in [0.2, 0.25) is 0 Å². The maximum absolute atomic E-state index is 9.68. The first-order chi connectivity index (χ1) is 5.31. The van der Waals surface area contributed by atoms with Crippen molar-refractivity contribution in [3.8, 4) is 0 Å². The SMILES string of the molecule is OC1CCC2CC(CBr)C1C2. The van der Waals surface area contributed by atoms with Crippen molar-refractivity contribution in [2.24, 2.45) is 17.8 Å². The van der Waals surface area contributed by atoms with Gasteiger partial charge in [-0.15, -0.1) is 0 Å². The number of fused-ring (bicyclic) bond motifs is 2. The van der Waals surface area contributed by atoms with Crippen LogP contribution in [0.5, 0.6) is 0 Å². The lowest BCUT2D eigenvalue weighted by Gasteiger charge is -2.26. The van der Waals surface area contributed by atoms with Gasteiger partial charge in [-0.1, -0.05) is 15.9 Å². The van der Waals surface area contributed by atoms with Crippen molar-refractivity contribution in [1.29, 1.82) is 0 Å². The van der Waals surface area contributed by atoms with Gasteiger partial charge in [-0.2, -0.15) is 0 Å². The van der Waals surface area contributed by atoms with Crippen molar-refractivity contribution >= 4 is 15.9 Å². The predicted octanol–water partition coefficient (Wildman–Crippen LogP) is 2.18. The van der Waals surface area contributed by atoms with Gasteiger partial charge in [0.2, 0.25) is 0 Å². The smallest absolute Gasteiger partial charge is 0.0571 e. The normalized spacial score (nSPS) is 49.6. The van der Waals surface area contributed by atoms with Crippen LogP contribution in [-0.2, 0) is 0 Å². The number of alkyl halides is 1. The first-order valence-corrected chi connectivity index (χ1v) is 5.67. The molecule has 0 aromatic carbocycles. The molecule has 0 aromatic heterocycles. The Bertz CT molecular complexity index is 146. The second kappa shape index (κ2) is 3.06. The number of hydrogen-bond donors (Lipinski definition) is 1. The van der Waals surface area contributed by atoms with E-state index in [4.69, 9.17) is 0 Å². The van der Waals surface area contributed by atoms with Gasteiger partial charge in [0.15, 0.2) is 0 Å². The Hall–Kier alpha value is 0.440. The average molecular weight is 219 g/mol. The molecule has 2 aliphatic rings. The first kappa shape index (κ1) is 8.06. The van der Waals surface area contributed by atoms with Crippen LogP contribution in [-0.4, -0.2) is 16.5 Å². The minimum atomic E-state index is 0.0105. The molecule has 0 saturated heterocycles. The molecule has 2 saturated carbocycles. The Balaban J connectivity index is 2.06. The molecule has 1 N–H and O–H groups in total. The summed E-state index contributed by atoms with van der Waals surface area (Å²) in [6, 6.07) is 0. The third kappa shape index (κ3) is 1.35. The minimum Gasteiger partial charge on any atom is -0.393 e. The van der Waals surface area contributed by atoms with Crippen LogP contribution in [0.15, 0.2) is 0 Å². The van der Waals surface area contributed by atoms with E-state index in [0.29, 0.717) is 5.92 Å². The zero-order valence-corrected chi connectivity index (χ0v) is 8.26. The van der Waals surface area contributed by atoms with E-state index in [0.717, 1.165) is 23.6 Å². The van der Waals surface area contributed by atoms with Crippen LogP contribution in [0.25, 0.3) is 0 Å². The number of aliphatic hydroxyl groups excluding tert-OH is 1. The van der Waals surface area contributed by atoms with Crippen molar-refractivity contribution < 1.29 is 5.11 Å². The highest BCUT2D eigenvalue weighted by molar-refractivity contribution is 9.09. The van der Waals surface area contributed by atoms with Gasteiger partial charge in [0.25, 0.3) is 0 Å². The summed E-state index contributed by atoms with van der Waals surface area (Å²) in [6.45, 7) is 0. The molecular weight excluding hydrogens is 204 g/mol. The van der Waals surface area contributed by atoms with E-state index in [-0.39, 0.29) is 6.10 Å². The molecule has 1 nitrogen and oxygen atoms in total. The predicted molar refractivity (Wildman–Crippen MR) is 48.7 cm³/mol. The highest BCUT2D eigenvalue weighted by Gasteiger charge is 2.41. The van der Waals surface area contributed by atoms with Gasteiger partial charge in [0.1, 0.15) is 0 Å². The molecule has 2 rings (SSSR count). The molecule has 2 aliphatic carbocycles. The molecule has 2 bridgehead atoms. The van der Waals surface area contributed by atoms with Gasteiger partial charge in [-0.25, -0.2) is 0 Å². The molecule has 2 heteroatoms. The van der Waals surface area contributed by atoms with Gasteiger partial charge < -0.3 is 5.11 Å². The van der Waals surface area contributed by atoms with Gasteiger partial charge in [-0.05, 0) is 43.4 Å². The van der Waals surface area contributed by atoms with Crippen molar-refractivity contribution in [2.75, 3.05) is 5.33 Å². The van der Waals surface area contributed by atoms with E-state index < -0.39 is 0 Å². The van der Waals surface area contributed by atoms with Crippen molar-refractivity contribution in [3.63, 3.8) is 0 Å². The van der Waals surface area contributed by atoms with E-state index in [1.807, 2.05) is 0 Å². The van der Waals surface area contributed by atoms with E-state index in [9.17, 15) is 5.11 Å². The van der Waals surface area contributed by atoms with Gasteiger partial charge >= 0.3 is 0 Å². The molecule has 0 heterocycles. The Morgan fingerprint density at radius 1 is 1.27 bits per heavy atom. The monoisotopic (exact) mass is 218 g/mol. The van der Waals surface area contributed by atoms with E-state index in [1.54, 1.807) is 0 Å². The first-order valence-electron chi connectivity index (χ1n) is 4.55. The molecule has 4 atom stereocenters. The summed E-state index contributed by atoms with van der Waals surface area (Å²) in [6.07, 6.45) is 4.97. The molecule has 0 spiro atoms. The fourth-order valence-electron chi connectivity index (χ4n) is 2.78. The largest absolute Gasteiger partial charge is 0.393 e. The maximum Gasteiger partial charge on any atom is 0.0571 e. The zero-order chi connectivity index (χ0) is 7.84. The summed E-state index contributed by atoms with van der Waals surface area (Å²) in [5.74, 6) is 2.32. The van der Waals surface area contributed by atoms with Crippen LogP contribution in [0.1, 0.15) is 25.7 Å². The lowest BCUT2D eigenvalue weighted by atomic mass is 9.85. The van der Waals surface area contributed by atoms with Crippen LogP contribution in [0.4, 0.5) is 0 Å². The number of halogens is 1. The Kier molecular flexibility index (Phi) is 2.24. The summed E-state index contributed by atoms with van der Waals surface area (Å²) in [5, 5.41) is 10.8. The lowest BCUT2D eigenvalue weighted by molar-refractivity contribution is 0.0640. The summed E-state index contributed by atoms with van der Waals surface area (Å²) in [4.78, 5) is 0. The fraction of sp³-hybridized carbons (Fsp3) is 1.00. The second-order valence-electron chi connectivity index (χ2n) is 4.06.